The van der Waals surface area contributed by atoms with Crippen molar-refractivity contribution < 1.29 is 26.0 Å². The van der Waals surface area contributed by atoms with Crippen LogP contribution in [0, 0.1) is 30.2 Å². The molecule has 0 aliphatic rings. The number of benzene rings is 2. The lowest BCUT2D eigenvalue weighted by Crippen LogP contribution is -2.18. The van der Waals surface area contributed by atoms with Crippen LogP contribution in [0.5, 0.6) is 0 Å². The van der Waals surface area contributed by atoms with Crippen molar-refractivity contribution in [2.75, 3.05) is 4.72 Å². The third-order valence-corrected chi connectivity index (χ3v) is 7.26. The molecule has 0 aliphatic heterocycles. The van der Waals surface area contributed by atoms with Gasteiger partial charge in [-0.2, -0.15) is 0 Å². The highest BCUT2D eigenvalue weighted by molar-refractivity contribution is 7.92. The molecule has 194 valence electrons. The van der Waals surface area contributed by atoms with Crippen LogP contribution >= 0.6 is 0 Å². The lowest BCUT2D eigenvalue weighted by molar-refractivity contribution is 0.516. The Balaban J connectivity index is 1.68. The van der Waals surface area contributed by atoms with Gasteiger partial charge in [0.25, 0.3) is 10.0 Å². The van der Waals surface area contributed by atoms with Gasteiger partial charge >= 0.3 is 0 Å². The van der Waals surface area contributed by atoms with Gasteiger partial charge in [-0.1, -0.05) is 19.1 Å². The predicted octanol–water partition coefficient (Wildman–Crippen LogP) is 5.69. The largest absolute Gasteiger partial charge is 0.297 e. The Hall–Kier alpha value is -4.32. The molecule has 0 saturated heterocycles. The van der Waals surface area contributed by atoms with Crippen molar-refractivity contribution in [3.05, 3.63) is 95.6 Å². The Morgan fingerprint density at radius 1 is 0.974 bits per heavy atom. The number of fused-ring (bicyclic) bond motifs is 1. The average molecular weight is 542 g/mol. The summed E-state index contributed by atoms with van der Waals surface area (Å²) in [5.41, 5.74) is 0.0785. The van der Waals surface area contributed by atoms with Crippen LogP contribution in [-0.2, 0) is 16.4 Å². The van der Waals surface area contributed by atoms with Gasteiger partial charge in [0.05, 0.1) is 17.1 Å². The van der Waals surface area contributed by atoms with E-state index in [2.05, 4.69) is 15.0 Å². The molecule has 0 radical (unpaired) electrons. The Kier molecular flexibility index (Phi) is 6.35. The fourth-order valence-corrected chi connectivity index (χ4v) is 5.29. The summed E-state index contributed by atoms with van der Waals surface area (Å²) >= 11 is 0. The highest BCUT2D eigenvalue weighted by Crippen LogP contribution is 2.36. The van der Waals surface area contributed by atoms with Gasteiger partial charge in [-0.25, -0.2) is 40.9 Å². The highest BCUT2D eigenvalue weighted by Gasteiger charge is 2.28. The number of aryl methyl sites for hydroxylation is 2. The lowest BCUT2D eigenvalue weighted by atomic mass is 10.1. The molecule has 0 spiro atoms. The van der Waals surface area contributed by atoms with E-state index < -0.39 is 43.9 Å². The number of nitrogens with one attached hydrogen (secondary N) is 1. The molecule has 1 N–H and O–H groups in total. The molecule has 0 bridgehead atoms. The number of imidazole rings is 1. The Labute approximate surface area is 214 Å². The number of rotatable bonds is 6. The fourth-order valence-electron chi connectivity index (χ4n) is 4.02. The second-order valence-electron chi connectivity index (χ2n) is 8.37. The van der Waals surface area contributed by atoms with E-state index in [1.807, 2.05) is 11.6 Å². The monoisotopic (exact) mass is 541 g/mol. The topological polar surface area (TPSA) is 89.2 Å². The van der Waals surface area contributed by atoms with Crippen molar-refractivity contribution in [2.24, 2.45) is 0 Å². The van der Waals surface area contributed by atoms with E-state index in [0.717, 1.165) is 24.3 Å². The molecule has 0 aliphatic carbocycles. The number of nitrogens with zero attached hydrogens (tertiary/aromatic N) is 4. The van der Waals surface area contributed by atoms with Gasteiger partial charge < -0.3 is 0 Å². The van der Waals surface area contributed by atoms with Gasteiger partial charge in [0.1, 0.15) is 34.6 Å². The zero-order valence-corrected chi connectivity index (χ0v) is 20.8. The smallest absolute Gasteiger partial charge is 0.267 e. The molecule has 12 heteroatoms. The standard InChI is InChI=1S/C26H19F4N5O2S/c1-3-20-31-11-9-19(32-20)25-24(33-21-13-15(27)10-12-35(21)25)16-5-4-6-18(23(16)30)34-38(36,37)26-17(28)8-7-14(2)22(26)29/h4-13,34H,3H2,1-2H3. The fraction of sp³-hybridized carbons (Fsp3) is 0.115. The summed E-state index contributed by atoms with van der Waals surface area (Å²) in [4.78, 5) is 11.8. The second kappa shape index (κ2) is 9.53. The van der Waals surface area contributed by atoms with Crippen LogP contribution in [-0.4, -0.2) is 27.8 Å². The second-order valence-corrected chi connectivity index (χ2v) is 9.99. The maximum atomic E-state index is 15.9. The predicted molar refractivity (Wildman–Crippen MR) is 133 cm³/mol. The van der Waals surface area contributed by atoms with E-state index in [1.165, 1.54) is 41.9 Å². The normalized spacial score (nSPS) is 11.7. The number of hydrogen-bond acceptors (Lipinski definition) is 5. The summed E-state index contributed by atoms with van der Waals surface area (Å²) in [6.45, 7) is 3.14. The van der Waals surface area contributed by atoms with Crippen molar-refractivity contribution in [3.8, 4) is 22.6 Å². The molecule has 0 fully saturated rings. The minimum atomic E-state index is -4.86. The zero-order chi connectivity index (χ0) is 27.2. The van der Waals surface area contributed by atoms with Crippen LogP contribution in [0.1, 0.15) is 18.3 Å². The SMILES string of the molecule is CCc1nccc(-c2c(-c3cccc(NS(=O)(=O)c4c(F)ccc(C)c4F)c3F)nc3cc(F)ccn23)n1. The third-order valence-electron chi connectivity index (χ3n) is 5.86. The van der Waals surface area contributed by atoms with Crippen molar-refractivity contribution >= 4 is 21.4 Å². The van der Waals surface area contributed by atoms with E-state index in [1.54, 1.807) is 6.07 Å². The molecule has 2 aromatic carbocycles. The summed E-state index contributed by atoms with van der Waals surface area (Å²) < 4.78 is 88.0. The molecule has 0 atom stereocenters. The first-order chi connectivity index (χ1) is 18.1. The highest BCUT2D eigenvalue weighted by atomic mass is 32.2. The molecule has 7 nitrogen and oxygen atoms in total. The first-order valence-corrected chi connectivity index (χ1v) is 12.8. The van der Waals surface area contributed by atoms with Gasteiger partial charge in [-0.3, -0.25) is 9.12 Å². The summed E-state index contributed by atoms with van der Waals surface area (Å²) in [5, 5.41) is 0. The number of hydrogen-bond donors (Lipinski definition) is 1. The van der Waals surface area contributed by atoms with Gasteiger partial charge in [0.15, 0.2) is 10.7 Å². The van der Waals surface area contributed by atoms with E-state index >= 15 is 4.39 Å². The van der Waals surface area contributed by atoms with E-state index in [4.69, 9.17) is 0 Å². The molecule has 3 heterocycles. The van der Waals surface area contributed by atoms with Gasteiger partial charge in [0.2, 0.25) is 0 Å². The van der Waals surface area contributed by atoms with Gasteiger partial charge in [-0.05, 0) is 42.8 Å². The van der Waals surface area contributed by atoms with Crippen LogP contribution < -0.4 is 4.72 Å². The number of aromatic nitrogens is 4. The quantitative estimate of drug-likeness (QED) is 0.279. The molecule has 0 unspecified atom stereocenters. The van der Waals surface area contributed by atoms with Crippen molar-refractivity contribution in [3.63, 3.8) is 0 Å². The van der Waals surface area contributed by atoms with Crippen LogP contribution in [0.2, 0.25) is 0 Å². The number of sulfonamides is 1. The van der Waals surface area contributed by atoms with Crippen LogP contribution in [0.25, 0.3) is 28.3 Å². The molecule has 0 saturated carbocycles. The average Bonchev–Trinajstić information content (AvgIpc) is 3.25. The minimum absolute atomic E-state index is 0.0443. The van der Waals surface area contributed by atoms with Crippen molar-refractivity contribution in [2.45, 2.75) is 25.2 Å². The van der Waals surface area contributed by atoms with Crippen LogP contribution in [0.15, 0.2) is 65.8 Å². The summed E-state index contributed by atoms with van der Waals surface area (Å²) in [6.07, 6.45) is 3.46. The third kappa shape index (κ3) is 4.36. The molecular weight excluding hydrogens is 522 g/mol. The van der Waals surface area contributed by atoms with E-state index in [0.29, 0.717) is 23.6 Å². The van der Waals surface area contributed by atoms with Crippen molar-refractivity contribution in [1.29, 1.82) is 0 Å². The van der Waals surface area contributed by atoms with E-state index in [9.17, 15) is 21.6 Å². The number of pyridine rings is 1. The Morgan fingerprint density at radius 3 is 2.53 bits per heavy atom. The van der Waals surface area contributed by atoms with Gasteiger partial charge in [0, 0.05) is 30.4 Å². The van der Waals surface area contributed by atoms with Gasteiger partial charge in [-0.15, -0.1) is 0 Å². The van der Waals surface area contributed by atoms with Crippen LogP contribution in [0.3, 0.4) is 0 Å². The van der Waals surface area contributed by atoms with Crippen molar-refractivity contribution in [1.82, 2.24) is 19.4 Å². The first-order valence-electron chi connectivity index (χ1n) is 11.4. The minimum Gasteiger partial charge on any atom is -0.297 e. The molecular formula is C26H19F4N5O2S. The lowest BCUT2D eigenvalue weighted by Gasteiger charge is -2.13. The Morgan fingerprint density at radius 2 is 1.76 bits per heavy atom. The maximum Gasteiger partial charge on any atom is 0.267 e. The molecule has 5 rings (SSSR count). The zero-order valence-electron chi connectivity index (χ0n) is 20.0. The molecule has 38 heavy (non-hydrogen) atoms. The maximum absolute atomic E-state index is 15.9. The number of anilines is 1. The number of halogens is 4. The molecule has 5 aromatic rings. The summed E-state index contributed by atoms with van der Waals surface area (Å²) in [5.74, 6) is -3.72. The first kappa shape index (κ1) is 25.3. The van der Waals surface area contributed by atoms with Crippen LogP contribution in [0.4, 0.5) is 23.2 Å². The summed E-state index contributed by atoms with van der Waals surface area (Å²) in [7, 11) is -4.86. The Bertz CT molecular complexity index is 1820. The molecule has 0 amide bonds. The summed E-state index contributed by atoms with van der Waals surface area (Å²) in [6, 6.07) is 9.66. The van der Waals surface area contributed by atoms with E-state index in [-0.39, 0.29) is 22.5 Å². The molecule has 3 aromatic heterocycles.